The molecule has 0 atom stereocenters. The van der Waals surface area contributed by atoms with Crippen molar-refractivity contribution in [1.29, 1.82) is 0 Å². The van der Waals surface area contributed by atoms with Crippen LogP contribution in [0.2, 0.25) is 0 Å². The van der Waals surface area contributed by atoms with Gasteiger partial charge in [0.2, 0.25) is 5.13 Å². The maximum absolute atomic E-state index is 11.0. The average Bonchev–Trinajstić information content (AvgIpc) is 3.52. The van der Waals surface area contributed by atoms with Gasteiger partial charge in [0.15, 0.2) is 23.1 Å². The SMILES string of the molecule is Cc1noc(N=Nc2cc(N=Nc3nc(C)ns3)c(O)c(N=Nc3nc(C)no3)c2N(C)C)n1. The van der Waals surface area contributed by atoms with E-state index in [0.29, 0.717) is 28.3 Å². The number of phenolic OH excluding ortho intramolecular Hbond substituents is 1. The van der Waals surface area contributed by atoms with Crippen molar-refractivity contribution < 1.29 is 14.2 Å². The summed E-state index contributed by atoms with van der Waals surface area (Å²) in [5, 5.41) is 42.9. The van der Waals surface area contributed by atoms with E-state index in [0.717, 1.165) is 11.5 Å². The van der Waals surface area contributed by atoms with Crippen LogP contribution >= 0.6 is 11.5 Å². The van der Waals surface area contributed by atoms with E-state index in [2.05, 4.69) is 60.3 Å². The van der Waals surface area contributed by atoms with Crippen molar-refractivity contribution in [3.63, 3.8) is 0 Å². The Kier molecular flexibility index (Phi) is 6.35. The van der Waals surface area contributed by atoms with Crippen molar-refractivity contribution in [3.05, 3.63) is 23.5 Å². The van der Waals surface area contributed by atoms with Crippen LogP contribution in [0.5, 0.6) is 5.75 Å². The Bertz CT molecular complexity index is 1400. The molecule has 1 aromatic carbocycles. The molecule has 0 saturated heterocycles. The summed E-state index contributed by atoms with van der Waals surface area (Å²) in [7, 11) is 3.46. The number of nitrogens with zero attached hydrogens (tertiary/aromatic N) is 13. The van der Waals surface area contributed by atoms with Crippen molar-refractivity contribution in [2.75, 3.05) is 19.0 Å². The number of phenols is 1. The molecule has 34 heavy (non-hydrogen) atoms. The highest BCUT2D eigenvalue weighted by atomic mass is 32.1. The number of anilines is 1. The summed E-state index contributed by atoms with van der Waals surface area (Å²) in [6.45, 7) is 5.02. The normalized spacial score (nSPS) is 12.0. The third-order valence-electron chi connectivity index (χ3n) is 3.93. The Morgan fingerprint density at radius 1 is 0.794 bits per heavy atom. The summed E-state index contributed by atoms with van der Waals surface area (Å²) in [6, 6.07) is 1.32. The van der Waals surface area contributed by atoms with Crippen molar-refractivity contribution in [1.82, 2.24) is 29.6 Å². The third-order valence-corrected chi connectivity index (χ3v) is 4.62. The van der Waals surface area contributed by atoms with Gasteiger partial charge in [0, 0.05) is 25.6 Å². The molecular weight excluding hydrogens is 466 g/mol. The van der Waals surface area contributed by atoms with Gasteiger partial charge in [-0.3, -0.25) is 0 Å². The molecule has 4 aromatic rings. The van der Waals surface area contributed by atoms with Crippen LogP contribution in [0, 0.1) is 20.8 Å². The number of hydrogen-bond donors (Lipinski definition) is 1. The predicted octanol–water partition coefficient (Wildman–Crippen LogP) is 5.25. The van der Waals surface area contributed by atoms with Crippen LogP contribution in [0.15, 0.2) is 45.8 Å². The largest absolute Gasteiger partial charge is 0.504 e. The number of hydrogen-bond acceptors (Lipinski definition) is 17. The van der Waals surface area contributed by atoms with Crippen molar-refractivity contribution >= 4 is 51.4 Å². The summed E-state index contributed by atoms with van der Waals surface area (Å²) in [5.74, 6) is 1.02. The molecule has 0 amide bonds. The number of aromatic hydroxyl groups is 1. The van der Waals surface area contributed by atoms with Crippen LogP contribution in [0.1, 0.15) is 17.5 Å². The van der Waals surface area contributed by atoms with Crippen LogP contribution < -0.4 is 4.90 Å². The maximum Gasteiger partial charge on any atom is 0.366 e. The zero-order valence-corrected chi connectivity index (χ0v) is 19.4. The van der Waals surface area contributed by atoms with Crippen LogP contribution in [-0.4, -0.2) is 48.8 Å². The van der Waals surface area contributed by atoms with Gasteiger partial charge in [-0.05, 0) is 26.8 Å². The second kappa shape index (κ2) is 9.53. The summed E-state index contributed by atoms with van der Waals surface area (Å²) in [5.41, 5.74) is 0.672. The van der Waals surface area contributed by atoms with E-state index in [-0.39, 0.29) is 34.8 Å². The van der Waals surface area contributed by atoms with E-state index in [4.69, 9.17) is 9.05 Å². The molecule has 3 aromatic heterocycles. The lowest BCUT2D eigenvalue weighted by molar-refractivity contribution is 0.420. The minimum atomic E-state index is -0.318. The summed E-state index contributed by atoms with van der Waals surface area (Å²) in [4.78, 5) is 13.7. The Labute approximate surface area is 195 Å². The zero-order chi connectivity index (χ0) is 24.2. The van der Waals surface area contributed by atoms with Gasteiger partial charge in [0.25, 0.3) is 0 Å². The van der Waals surface area contributed by atoms with Crippen LogP contribution in [0.3, 0.4) is 0 Å². The number of aromatic nitrogens is 6. The second-order valence-electron chi connectivity index (χ2n) is 6.83. The highest BCUT2D eigenvalue weighted by Crippen LogP contribution is 2.50. The molecule has 0 spiro atoms. The molecule has 16 nitrogen and oxygen atoms in total. The van der Waals surface area contributed by atoms with Crippen molar-refractivity contribution in [2.45, 2.75) is 20.8 Å². The van der Waals surface area contributed by atoms with Gasteiger partial charge in [0.05, 0.1) is 5.69 Å². The Morgan fingerprint density at radius 3 is 1.94 bits per heavy atom. The minimum absolute atomic E-state index is 0.0152. The average molecular weight is 483 g/mol. The molecule has 0 fully saturated rings. The Balaban J connectivity index is 1.84. The molecule has 0 aliphatic heterocycles. The summed E-state index contributed by atoms with van der Waals surface area (Å²) < 4.78 is 14.0. The van der Waals surface area contributed by atoms with Gasteiger partial charge in [-0.15, -0.1) is 20.5 Å². The van der Waals surface area contributed by atoms with Gasteiger partial charge >= 0.3 is 12.0 Å². The highest BCUT2D eigenvalue weighted by molar-refractivity contribution is 7.09. The first-order valence-corrected chi connectivity index (χ1v) is 10.3. The first-order valence-electron chi connectivity index (χ1n) is 9.53. The molecule has 0 aliphatic carbocycles. The summed E-state index contributed by atoms with van der Waals surface area (Å²) >= 11 is 1.06. The molecule has 1 N–H and O–H groups in total. The minimum Gasteiger partial charge on any atom is -0.504 e. The quantitative estimate of drug-likeness (QED) is 0.338. The van der Waals surface area contributed by atoms with Crippen molar-refractivity contribution in [2.24, 2.45) is 30.7 Å². The first-order chi connectivity index (χ1) is 16.3. The molecule has 3 heterocycles. The van der Waals surface area contributed by atoms with Gasteiger partial charge in [-0.1, -0.05) is 20.5 Å². The van der Waals surface area contributed by atoms with E-state index >= 15 is 0 Å². The zero-order valence-electron chi connectivity index (χ0n) is 18.6. The monoisotopic (exact) mass is 483 g/mol. The van der Waals surface area contributed by atoms with Crippen molar-refractivity contribution in [3.8, 4) is 5.75 Å². The molecule has 0 radical (unpaired) electrons. The third kappa shape index (κ3) is 5.09. The smallest absolute Gasteiger partial charge is 0.366 e. The Morgan fingerprint density at radius 2 is 1.41 bits per heavy atom. The fourth-order valence-corrected chi connectivity index (χ4v) is 3.08. The lowest BCUT2D eigenvalue weighted by Gasteiger charge is -2.18. The van der Waals surface area contributed by atoms with E-state index in [9.17, 15) is 5.11 Å². The van der Waals surface area contributed by atoms with E-state index < -0.39 is 0 Å². The molecule has 0 aliphatic rings. The molecule has 17 heteroatoms. The summed E-state index contributed by atoms with van der Waals surface area (Å²) in [6.07, 6.45) is 0. The molecule has 0 saturated carbocycles. The number of azo groups is 3. The predicted molar refractivity (Wildman–Crippen MR) is 118 cm³/mol. The van der Waals surface area contributed by atoms with Crippen LogP contribution in [0.25, 0.3) is 0 Å². The highest BCUT2D eigenvalue weighted by Gasteiger charge is 2.21. The first kappa shape index (κ1) is 22.6. The Hall–Kier alpha value is -4.54. The topological polar surface area (TPSA) is 201 Å². The van der Waals surface area contributed by atoms with Gasteiger partial charge in [0.1, 0.15) is 17.2 Å². The fourth-order valence-electron chi connectivity index (χ4n) is 2.58. The molecule has 4 rings (SSSR count). The molecule has 174 valence electrons. The molecule has 0 bridgehead atoms. The van der Waals surface area contributed by atoms with E-state index in [1.165, 1.54) is 6.07 Å². The maximum atomic E-state index is 11.0. The van der Waals surface area contributed by atoms with E-state index in [1.54, 1.807) is 39.8 Å². The number of aryl methyl sites for hydroxylation is 3. The van der Waals surface area contributed by atoms with Gasteiger partial charge < -0.3 is 19.1 Å². The van der Waals surface area contributed by atoms with Gasteiger partial charge in [-0.2, -0.15) is 14.3 Å². The number of rotatable bonds is 7. The second-order valence-corrected chi connectivity index (χ2v) is 7.56. The lowest BCUT2D eigenvalue weighted by Crippen LogP contribution is -2.09. The lowest BCUT2D eigenvalue weighted by atomic mass is 10.1. The fraction of sp³-hybridized carbons (Fsp3) is 0.294. The standard InChI is InChI=1S/C17H17N13O3S/c1-7-18-15(32-27-7)24-21-10-6-11(22-26-17-20-9(3)29-34-17)14(31)12(13(10)30(4)5)23-25-16-19-8(2)28-33-16/h6,31H,1-5H3. The molecule has 0 unspecified atom stereocenters. The number of benzene rings is 1. The van der Waals surface area contributed by atoms with E-state index in [1.807, 2.05) is 0 Å². The van der Waals surface area contributed by atoms with Crippen LogP contribution in [-0.2, 0) is 0 Å². The van der Waals surface area contributed by atoms with Crippen LogP contribution in [0.4, 0.5) is 39.9 Å². The molecular formula is C17H17N13O3S. The van der Waals surface area contributed by atoms with Gasteiger partial charge in [-0.25, -0.2) is 4.98 Å².